The molecule has 0 saturated carbocycles. The zero-order valence-electron chi connectivity index (χ0n) is 10.2. The minimum Gasteiger partial charge on any atom is -0.384 e. The van der Waals surface area contributed by atoms with Gasteiger partial charge in [0.15, 0.2) is 0 Å². The van der Waals surface area contributed by atoms with Crippen LogP contribution >= 0.6 is 11.8 Å². The molecule has 1 aromatic heterocycles. The Morgan fingerprint density at radius 3 is 2.78 bits per heavy atom. The summed E-state index contributed by atoms with van der Waals surface area (Å²) in [6.07, 6.45) is 0. The zero-order chi connectivity index (χ0) is 12.5. The van der Waals surface area contributed by atoms with Gasteiger partial charge in [0.05, 0.1) is 24.2 Å². The predicted octanol–water partition coefficient (Wildman–Crippen LogP) is 2.16. The number of thioether (sulfide) groups is 1. The lowest BCUT2D eigenvalue weighted by Gasteiger charge is -2.25. The first kappa shape index (κ1) is 11.6. The molecule has 0 atom stereocenters. The molecule has 1 saturated heterocycles. The normalized spacial score (nSPS) is 15.6. The molecule has 0 radical (unpaired) electrons. The molecule has 1 aliphatic rings. The van der Waals surface area contributed by atoms with Gasteiger partial charge in [-0.2, -0.15) is 5.10 Å². The molecule has 2 aromatic rings. The van der Waals surface area contributed by atoms with Crippen LogP contribution in [0.2, 0.25) is 0 Å². The molecule has 0 spiro atoms. The number of rotatable bonds is 3. The Balaban J connectivity index is 1.94. The highest BCUT2D eigenvalue weighted by molar-refractivity contribution is 8.00. The van der Waals surface area contributed by atoms with Crippen LogP contribution in [0.15, 0.2) is 35.2 Å². The second-order valence-corrected chi connectivity index (χ2v) is 5.69. The van der Waals surface area contributed by atoms with Crippen LogP contribution in [0.25, 0.3) is 11.3 Å². The summed E-state index contributed by atoms with van der Waals surface area (Å²) in [6.45, 7) is 1.67. The van der Waals surface area contributed by atoms with Crippen LogP contribution in [0.4, 0.5) is 5.82 Å². The van der Waals surface area contributed by atoms with E-state index >= 15 is 0 Å². The number of hydrogen-bond donors (Lipinski definition) is 1. The SMILES string of the molecule is Cn1nc(-c2ccccc2SC2COC2)cc1N. The molecule has 0 aliphatic carbocycles. The number of nitrogen functional groups attached to an aromatic ring is 1. The summed E-state index contributed by atoms with van der Waals surface area (Å²) >= 11 is 1.85. The molecule has 4 nitrogen and oxygen atoms in total. The Morgan fingerprint density at radius 1 is 1.39 bits per heavy atom. The maximum Gasteiger partial charge on any atom is 0.121 e. The van der Waals surface area contributed by atoms with Crippen molar-refractivity contribution in [2.24, 2.45) is 7.05 Å². The van der Waals surface area contributed by atoms with Crippen molar-refractivity contribution in [3.05, 3.63) is 30.3 Å². The summed E-state index contributed by atoms with van der Waals surface area (Å²) in [5.74, 6) is 0.678. The van der Waals surface area contributed by atoms with Crippen LogP contribution < -0.4 is 5.73 Å². The van der Waals surface area contributed by atoms with Crippen molar-refractivity contribution in [2.75, 3.05) is 18.9 Å². The minimum atomic E-state index is 0.562. The third-order valence-corrected chi connectivity index (χ3v) is 4.20. The van der Waals surface area contributed by atoms with E-state index in [9.17, 15) is 0 Å². The molecule has 18 heavy (non-hydrogen) atoms. The zero-order valence-corrected chi connectivity index (χ0v) is 11.0. The Bertz CT molecular complexity index is 544. The van der Waals surface area contributed by atoms with E-state index in [1.807, 2.05) is 30.9 Å². The van der Waals surface area contributed by atoms with Gasteiger partial charge in [0, 0.05) is 23.6 Å². The maximum atomic E-state index is 5.84. The lowest BCUT2D eigenvalue weighted by atomic mass is 10.1. The smallest absolute Gasteiger partial charge is 0.121 e. The van der Waals surface area contributed by atoms with Gasteiger partial charge < -0.3 is 10.5 Å². The summed E-state index contributed by atoms with van der Waals surface area (Å²) < 4.78 is 6.91. The number of nitrogens with zero attached hydrogens (tertiary/aromatic N) is 2. The van der Waals surface area contributed by atoms with Gasteiger partial charge in [0.2, 0.25) is 0 Å². The van der Waals surface area contributed by atoms with E-state index in [2.05, 4.69) is 23.3 Å². The molecule has 0 bridgehead atoms. The van der Waals surface area contributed by atoms with Gasteiger partial charge in [-0.05, 0) is 6.07 Å². The number of aromatic nitrogens is 2. The summed E-state index contributed by atoms with van der Waals surface area (Å²) in [6, 6.07) is 10.2. The second kappa shape index (κ2) is 4.66. The maximum absolute atomic E-state index is 5.84. The standard InChI is InChI=1S/C13H15N3OS/c1-16-13(14)6-11(15-16)10-4-2-3-5-12(10)18-9-7-17-8-9/h2-6,9H,7-8,14H2,1H3. The van der Waals surface area contributed by atoms with E-state index in [1.54, 1.807) is 4.68 Å². The van der Waals surface area contributed by atoms with Crippen molar-refractivity contribution in [1.29, 1.82) is 0 Å². The van der Waals surface area contributed by atoms with Gasteiger partial charge in [-0.15, -0.1) is 11.8 Å². The highest BCUT2D eigenvalue weighted by Gasteiger charge is 2.21. The van der Waals surface area contributed by atoms with E-state index in [1.165, 1.54) is 4.90 Å². The number of aryl methyl sites for hydroxylation is 1. The fourth-order valence-corrected chi connectivity index (χ4v) is 3.00. The second-order valence-electron chi connectivity index (χ2n) is 4.35. The lowest BCUT2D eigenvalue weighted by molar-refractivity contribution is 0.0455. The summed E-state index contributed by atoms with van der Waals surface area (Å²) in [7, 11) is 1.86. The van der Waals surface area contributed by atoms with Crippen LogP contribution in [0.3, 0.4) is 0 Å². The molecule has 2 heterocycles. The Kier molecular flexibility index (Phi) is 3.01. The van der Waals surface area contributed by atoms with Gasteiger partial charge >= 0.3 is 0 Å². The topological polar surface area (TPSA) is 53.1 Å². The van der Waals surface area contributed by atoms with Gasteiger partial charge in [0.1, 0.15) is 5.82 Å². The fraction of sp³-hybridized carbons (Fsp3) is 0.308. The highest BCUT2D eigenvalue weighted by atomic mass is 32.2. The van der Waals surface area contributed by atoms with Gasteiger partial charge in [-0.1, -0.05) is 18.2 Å². The number of ether oxygens (including phenoxy) is 1. The van der Waals surface area contributed by atoms with Crippen LogP contribution in [0, 0.1) is 0 Å². The van der Waals surface area contributed by atoms with E-state index in [0.29, 0.717) is 11.1 Å². The first-order valence-electron chi connectivity index (χ1n) is 5.87. The number of benzene rings is 1. The lowest BCUT2D eigenvalue weighted by Crippen LogP contribution is -2.30. The minimum absolute atomic E-state index is 0.562. The molecule has 94 valence electrons. The van der Waals surface area contributed by atoms with Crippen molar-refractivity contribution in [3.63, 3.8) is 0 Å². The van der Waals surface area contributed by atoms with Crippen molar-refractivity contribution in [1.82, 2.24) is 9.78 Å². The van der Waals surface area contributed by atoms with E-state index in [0.717, 1.165) is 24.5 Å². The molecule has 1 aromatic carbocycles. The first-order chi connectivity index (χ1) is 8.74. The average molecular weight is 261 g/mol. The number of nitrogens with two attached hydrogens (primary N) is 1. The van der Waals surface area contributed by atoms with Crippen LogP contribution in [0.5, 0.6) is 0 Å². The van der Waals surface area contributed by atoms with Crippen molar-refractivity contribution >= 4 is 17.6 Å². The predicted molar refractivity (Wildman–Crippen MR) is 73.5 cm³/mol. The monoisotopic (exact) mass is 261 g/mol. The van der Waals surface area contributed by atoms with Gasteiger partial charge in [0.25, 0.3) is 0 Å². The molecule has 2 N–H and O–H groups in total. The Labute approximate surface area is 110 Å². The summed E-state index contributed by atoms with van der Waals surface area (Å²) in [5, 5.41) is 5.00. The molecule has 1 fully saturated rings. The molecular weight excluding hydrogens is 246 g/mol. The van der Waals surface area contributed by atoms with Crippen molar-refractivity contribution < 1.29 is 4.74 Å². The summed E-state index contributed by atoms with van der Waals surface area (Å²) in [4.78, 5) is 1.24. The number of hydrogen-bond acceptors (Lipinski definition) is 4. The average Bonchev–Trinajstić information content (AvgIpc) is 2.65. The third-order valence-electron chi connectivity index (χ3n) is 2.98. The highest BCUT2D eigenvalue weighted by Crippen LogP contribution is 2.35. The van der Waals surface area contributed by atoms with Crippen LogP contribution in [0.1, 0.15) is 0 Å². The van der Waals surface area contributed by atoms with Crippen LogP contribution in [-0.2, 0) is 11.8 Å². The summed E-state index contributed by atoms with van der Waals surface area (Å²) in [5.41, 5.74) is 7.91. The molecule has 0 unspecified atom stereocenters. The first-order valence-corrected chi connectivity index (χ1v) is 6.75. The fourth-order valence-electron chi connectivity index (χ4n) is 1.86. The third kappa shape index (κ3) is 2.11. The largest absolute Gasteiger partial charge is 0.384 e. The van der Waals surface area contributed by atoms with Crippen molar-refractivity contribution in [3.8, 4) is 11.3 Å². The van der Waals surface area contributed by atoms with E-state index < -0.39 is 0 Å². The Morgan fingerprint density at radius 2 is 2.17 bits per heavy atom. The molecule has 1 aliphatic heterocycles. The Hall–Kier alpha value is -1.46. The molecule has 3 rings (SSSR count). The van der Waals surface area contributed by atoms with E-state index in [4.69, 9.17) is 10.5 Å². The van der Waals surface area contributed by atoms with Gasteiger partial charge in [-0.25, -0.2) is 0 Å². The molecular formula is C13H15N3OS. The van der Waals surface area contributed by atoms with Crippen LogP contribution in [-0.4, -0.2) is 28.2 Å². The van der Waals surface area contributed by atoms with E-state index in [-0.39, 0.29) is 0 Å². The van der Waals surface area contributed by atoms with Crippen molar-refractivity contribution in [2.45, 2.75) is 10.1 Å². The van der Waals surface area contributed by atoms with Gasteiger partial charge in [-0.3, -0.25) is 4.68 Å². The number of anilines is 1. The molecule has 5 heteroatoms. The quantitative estimate of drug-likeness (QED) is 0.920. The molecule has 0 amide bonds.